The van der Waals surface area contributed by atoms with Crippen molar-refractivity contribution in [2.75, 3.05) is 12.4 Å². The summed E-state index contributed by atoms with van der Waals surface area (Å²) in [7, 11) is 1.54. The van der Waals surface area contributed by atoms with Crippen molar-refractivity contribution in [3.05, 3.63) is 65.9 Å². The first kappa shape index (κ1) is 15.7. The molecule has 1 N–H and O–H groups in total. The van der Waals surface area contributed by atoms with E-state index in [-0.39, 0.29) is 17.0 Å². The largest absolute Gasteiger partial charge is 0.497 e. The Balaban J connectivity index is 1.87. The molecule has 0 fully saturated rings. The van der Waals surface area contributed by atoms with Crippen LogP contribution in [0.2, 0.25) is 0 Å². The van der Waals surface area contributed by atoms with E-state index >= 15 is 0 Å². The molecule has 0 aliphatic rings. The molecule has 0 aliphatic carbocycles. The lowest BCUT2D eigenvalue weighted by molar-refractivity contribution is 0.102. The molecule has 0 spiro atoms. The molecule has 1 aromatic heterocycles. The summed E-state index contributed by atoms with van der Waals surface area (Å²) in [6, 6.07) is 9.70. The highest BCUT2D eigenvalue weighted by Crippen LogP contribution is 2.26. The van der Waals surface area contributed by atoms with Crippen molar-refractivity contribution in [1.82, 2.24) is 5.16 Å². The van der Waals surface area contributed by atoms with Crippen LogP contribution in [0.3, 0.4) is 0 Å². The van der Waals surface area contributed by atoms with Crippen molar-refractivity contribution >= 4 is 11.6 Å². The van der Waals surface area contributed by atoms with Gasteiger partial charge in [0, 0.05) is 11.6 Å². The van der Waals surface area contributed by atoms with Gasteiger partial charge < -0.3 is 14.6 Å². The molecule has 0 atom stereocenters. The van der Waals surface area contributed by atoms with Crippen molar-refractivity contribution in [3.8, 4) is 17.1 Å². The fourth-order valence-electron chi connectivity index (χ4n) is 2.13. The summed E-state index contributed by atoms with van der Waals surface area (Å²) in [5, 5.41) is 5.99. The van der Waals surface area contributed by atoms with E-state index in [4.69, 9.17) is 9.26 Å². The van der Waals surface area contributed by atoms with Crippen LogP contribution >= 0.6 is 0 Å². The summed E-state index contributed by atoms with van der Waals surface area (Å²) in [5.41, 5.74) is 0.602. The lowest BCUT2D eigenvalue weighted by Crippen LogP contribution is -2.13. The number of anilines is 1. The number of methoxy groups -OCH3 is 1. The fourth-order valence-corrected chi connectivity index (χ4v) is 2.13. The Morgan fingerprint density at radius 2 is 1.92 bits per heavy atom. The summed E-state index contributed by atoms with van der Waals surface area (Å²) < 4.78 is 36.8. The van der Waals surface area contributed by atoms with Crippen LogP contribution < -0.4 is 10.1 Å². The van der Waals surface area contributed by atoms with Gasteiger partial charge in [-0.25, -0.2) is 8.78 Å². The van der Waals surface area contributed by atoms with Crippen LogP contribution in [0.4, 0.5) is 14.5 Å². The molecule has 3 rings (SSSR count). The van der Waals surface area contributed by atoms with Gasteiger partial charge in [-0.05, 0) is 36.4 Å². The number of aromatic nitrogens is 1. The second-order valence-electron chi connectivity index (χ2n) is 4.88. The maximum Gasteiger partial charge on any atom is 0.261 e. The second-order valence-corrected chi connectivity index (χ2v) is 4.88. The van der Waals surface area contributed by atoms with Crippen LogP contribution in [-0.2, 0) is 0 Å². The first-order chi connectivity index (χ1) is 11.6. The highest BCUT2D eigenvalue weighted by atomic mass is 19.1. The van der Waals surface area contributed by atoms with Gasteiger partial charge in [0.2, 0.25) is 0 Å². The monoisotopic (exact) mass is 330 g/mol. The minimum atomic E-state index is -0.870. The molecule has 0 saturated heterocycles. The number of hydrogen-bond acceptors (Lipinski definition) is 4. The molecule has 0 saturated carbocycles. The molecule has 0 unspecified atom stereocenters. The molecule has 24 heavy (non-hydrogen) atoms. The summed E-state index contributed by atoms with van der Waals surface area (Å²) in [4.78, 5) is 12.3. The number of benzene rings is 2. The number of carbonyl (C=O) groups is 1. The van der Waals surface area contributed by atoms with E-state index in [1.807, 2.05) is 0 Å². The average molecular weight is 330 g/mol. The third-order valence-electron chi connectivity index (χ3n) is 3.35. The number of halogens is 2. The molecule has 5 nitrogen and oxygen atoms in total. The zero-order chi connectivity index (χ0) is 17.1. The zero-order valence-electron chi connectivity index (χ0n) is 12.5. The van der Waals surface area contributed by atoms with Gasteiger partial charge in [-0.2, -0.15) is 0 Å². The molecule has 0 bridgehead atoms. The number of amides is 1. The van der Waals surface area contributed by atoms with Gasteiger partial charge in [-0.15, -0.1) is 0 Å². The zero-order valence-corrected chi connectivity index (χ0v) is 12.5. The number of hydrogen-bond donors (Lipinski definition) is 1. The topological polar surface area (TPSA) is 64.4 Å². The third kappa shape index (κ3) is 3.10. The number of nitrogens with one attached hydrogen (secondary N) is 1. The van der Waals surface area contributed by atoms with E-state index in [0.29, 0.717) is 17.4 Å². The Hall–Kier alpha value is -3.22. The Kier molecular flexibility index (Phi) is 4.24. The second kappa shape index (κ2) is 6.49. The van der Waals surface area contributed by atoms with Crippen LogP contribution in [0.1, 0.15) is 10.4 Å². The number of rotatable bonds is 4. The molecule has 1 amide bonds. The summed E-state index contributed by atoms with van der Waals surface area (Å²) in [6.45, 7) is 0. The van der Waals surface area contributed by atoms with Crippen molar-refractivity contribution in [1.29, 1.82) is 0 Å². The maximum absolute atomic E-state index is 13.7. The van der Waals surface area contributed by atoms with Gasteiger partial charge in [0.15, 0.2) is 5.76 Å². The highest BCUT2D eigenvalue weighted by Gasteiger charge is 2.19. The summed E-state index contributed by atoms with van der Waals surface area (Å²) in [6.07, 6.45) is 1.23. The highest BCUT2D eigenvalue weighted by molar-refractivity contribution is 6.07. The first-order valence-corrected chi connectivity index (χ1v) is 6.94. The number of nitrogens with zero attached hydrogens (tertiary/aromatic N) is 1. The normalized spacial score (nSPS) is 10.5. The molecule has 0 aliphatic heterocycles. The van der Waals surface area contributed by atoms with E-state index in [2.05, 4.69) is 10.5 Å². The van der Waals surface area contributed by atoms with E-state index in [9.17, 15) is 13.6 Å². The molecule has 7 heteroatoms. The molecule has 0 radical (unpaired) electrons. The Morgan fingerprint density at radius 3 is 2.58 bits per heavy atom. The molecule has 122 valence electrons. The fraction of sp³-hybridized carbons (Fsp3) is 0.0588. The molecular formula is C17H12F2N2O3. The maximum atomic E-state index is 13.7. The van der Waals surface area contributed by atoms with E-state index in [0.717, 1.165) is 12.1 Å². The first-order valence-electron chi connectivity index (χ1n) is 6.94. The Bertz CT molecular complexity index is 876. The predicted molar refractivity (Wildman–Crippen MR) is 82.8 cm³/mol. The van der Waals surface area contributed by atoms with E-state index in [1.165, 1.54) is 6.20 Å². The standard InChI is InChI=1S/C17H12F2N2O3/c1-23-12-5-2-10(3-6-12)16-13(9-20-24-16)17(22)21-15-7-4-11(18)8-14(15)19/h2-9H,1H3,(H,21,22). The van der Waals surface area contributed by atoms with Gasteiger partial charge in [0.1, 0.15) is 22.9 Å². The van der Waals surface area contributed by atoms with Crippen molar-refractivity contribution in [2.24, 2.45) is 0 Å². The van der Waals surface area contributed by atoms with Gasteiger partial charge in [0.05, 0.1) is 19.0 Å². The van der Waals surface area contributed by atoms with Crippen LogP contribution in [0.5, 0.6) is 5.75 Å². The predicted octanol–water partition coefficient (Wildman–Crippen LogP) is 3.88. The summed E-state index contributed by atoms with van der Waals surface area (Å²) in [5.74, 6) is -1.33. The SMILES string of the molecule is COc1ccc(-c2oncc2C(=O)Nc2ccc(F)cc2F)cc1. The minimum absolute atomic E-state index is 0.129. The van der Waals surface area contributed by atoms with Gasteiger partial charge in [-0.1, -0.05) is 5.16 Å². The van der Waals surface area contributed by atoms with Crippen LogP contribution in [0.25, 0.3) is 11.3 Å². The van der Waals surface area contributed by atoms with Crippen LogP contribution in [-0.4, -0.2) is 18.2 Å². The average Bonchev–Trinajstić information content (AvgIpc) is 3.07. The Morgan fingerprint density at radius 1 is 1.17 bits per heavy atom. The van der Waals surface area contributed by atoms with E-state index in [1.54, 1.807) is 31.4 Å². The number of ether oxygens (including phenoxy) is 1. The third-order valence-corrected chi connectivity index (χ3v) is 3.35. The van der Waals surface area contributed by atoms with Crippen molar-refractivity contribution in [3.63, 3.8) is 0 Å². The Labute approximate surface area is 135 Å². The van der Waals surface area contributed by atoms with Gasteiger partial charge in [0.25, 0.3) is 5.91 Å². The van der Waals surface area contributed by atoms with Gasteiger partial charge >= 0.3 is 0 Å². The minimum Gasteiger partial charge on any atom is -0.497 e. The quantitative estimate of drug-likeness (QED) is 0.788. The number of carbonyl (C=O) groups excluding carboxylic acids is 1. The lowest BCUT2D eigenvalue weighted by atomic mass is 10.1. The van der Waals surface area contributed by atoms with Crippen LogP contribution in [0.15, 0.2) is 53.2 Å². The van der Waals surface area contributed by atoms with Gasteiger partial charge in [-0.3, -0.25) is 4.79 Å². The molecule has 2 aromatic carbocycles. The smallest absolute Gasteiger partial charge is 0.261 e. The molecular weight excluding hydrogens is 318 g/mol. The molecule has 1 heterocycles. The molecule has 3 aromatic rings. The van der Waals surface area contributed by atoms with Crippen molar-refractivity contribution < 1.29 is 22.8 Å². The lowest BCUT2D eigenvalue weighted by Gasteiger charge is -2.06. The van der Waals surface area contributed by atoms with E-state index < -0.39 is 17.5 Å². The summed E-state index contributed by atoms with van der Waals surface area (Å²) >= 11 is 0. The van der Waals surface area contributed by atoms with Crippen molar-refractivity contribution in [2.45, 2.75) is 0 Å². The van der Waals surface area contributed by atoms with Crippen LogP contribution in [0, 0.1) is 11.6 Å².